The second-order valence-electron chi connectivity index (χ2n) is 3.58. The largest absolute Gasteiger partial charge is 0.383 e. The van der Waals surface area contributed by atoms with E-state index < -0.39 is 0 Å². The summed E-state index contributed by atoms with van der Waals surface area (Å²) in [6.45, 7) is 7.04. The van der Waals surface area contributed by atoms with E-state index in [0.717, 1.165) is 13.1 Å². The van der Waals surface area contributed by atoms with Crippen molar-refractivity contribution in [2.45, 2.75) is 19.9 Å². The summed E-state index contributed by atoms with van der Waals surface area (Å²) in [6, 6.07) is 0.0547. The smallest absolute Gasteiger partial charge is 0.234 e. The van der Waals surface area contributed by atoms with Gasteiger partial charge in [0, 0.05) is 26.2 Å². The third kappa shape index (κ3) is 7.30. The fourth-order valence-corrected chi connectivity index (χ4v) is 1.35. The van der Waals surface area contributed by atoms with E-state index in [2.05, 4.69) is 5.32 Å². The van der Waals surface area contributed by atoms with Crippen molar-refractivity contribution in [3.8, 4) is 0 Å². The number of rotatable bonds is 8. The van der Waals surface area contributed by atoms with Crippen molar-refractivity contribution < 1.29 is 9.53 Å². The number of methoxy groups -OCH3 is 1. The Morgan fingerprint density at radius 2 is 2.27 bits per heavy atom. The Balaban J connectivity index is 3.79. The standard InChI is InChI=1S/C10H23N3O2/c1-4-13(6-5-11)7-10(14)12-9(2)8-15-3/h9H,4-8,11H2,1-3H3,(H,12,14). The predicted octanol–water partition coefficient (Wildman–Crippen LogP) is -0.582. The normalized spacial score (nSPS) is 12.9. The molecule has 0 aliphatic heterocycles. The fourth-order valence-electron chi connectivity index (χ4n) is 1.35. The molecule has 0 saturated carbocycles. The van der Waals surface area contributed by atoms with Gasteiger partial charge in [0.25, 0.3) is 0 Å². The minimum Gasteiger partial charge on any atom is -0.383 e. The molecule has 5 heteroatoms. The highest BCUT2D eigenvalue weighted by atomic mass is 16.5. The van der Waals surface area contributed by atoms with Gasteiger partial charge in [-0.3, -0.25) is 9.69 Å². The number of carbonyl (C=O) groups excluding carboxylic acids is 1. The Kier molecular flexibility index (Phi) is 8.27. The Hall–Kier alpha value is -0.650. The molecule has 0 aromatic rings. The molecule has 1 unspecified atom stereocenters. The lowest BCUT2D eigenvalue weighted by Crippen LogP contribution is -2.43. The van der Waals surface area contributed by atoms with E-state index in [9.17, 15) is 4.79 Å². The maximum atomic E-state index is 11.5. The van der Waals surface area contributed by atoms with Crippen LogP contribution < -0.4 is 11.1 Å². The predicted molar refractivity (Wildman–Crippen MR) is 60.6 cm³/mol. The minimum atomic E-state index is 0.0230. The first-order chi connectivity index (χ1) is 7.13. The summed E-state index contributed by atoms with van der Waals surface area (Å²) in [5.74, 6) is 0.0230. The van der Waals surface area contributed by atoms with Crippen molar-refractivity contribution >= 4 is 5.91 Å². The van der Waals surface area contributed by atoms with E-state index in [1.807, 2.05) is 18.7 Å². The lowest BCUT2D eigenvalue weighted by atomic mass is 10.3. The van der Waals surface area contributed by atoms with Crippen molar-refractivity contribution in [3.63, 3.8) is 0 Å². The molecule has 0 saturated heterocycles. The molecule has 0 aromatic heterocycles. The Morgan fingerprint density at radius 3 is 2.73 bits per heavy atom. The van der Waals surface area contributed by atoms with Crippen LogP contribution in [0.5, 0.6) is 0 Å². The van der Waals surface area contributed by atoms with Crippen LogP contribution in [0.15, 0.2) is 0 Å². The van der Waals surface area contributed by atoms with Crippen molar-refractivity contribution in [2.75, 3.05) is 39.9 Å². The molecule has 5 nitrogen and oxygen atoms in total. The lowest BCUT2D eigenvalue weighted by Gasteiger charge is -2.20. The van der Waals surface area contributed by atoms with Crippen LogP contribution in [-0.4, -0.2) is 56.7 Å². The summed E-state index contributed by atoms with van der Waals surface area (Å²) >= 11 is 0. The molecule has 0 spiro atoms. The van der Waals surface area contributed by atoms with Crippen LogP contribution in [0.1, 0.15) is 13.8 Å². The summed E-state index contributed by atoms with van der Waals surface area (Å²) < 4.78 is 4.93. The van der Waals surface area contributed by atoms with Crippen LogP contribution in [-0.2, 0) is 9.53 Å². The number of nitrogens with zero attached hydrogens (tertiary/aromatic N) is 1. The first-order valence-electron chi connectivity index (χ1n) is 5.34. The number of ether oxygens (including phenoxy) is 1. The van der Waals surface area contributed by atoms with Crippen LogP contribution in [0.2, 0.25) is 0 Å². The first-order valence-corrected chi connectivity index (χ1v) is 5.34. The summed E-state index contributed by atoms with van der Waals surface area (Å²) in [4.78, 5) is 13.5. The molecular formula is C10H23N3O2. The van der Waals surface area contributed by atoms with Gasteiger partial charge in [-0.25, -0.2) is 0 Å². The molecule has 15 heavy (non-hydrogen) atoms. The number of carbonyl (C=O) groups is 1. The van der Waals surface area contributed by atoms with E-state index in [0.29, 0.717) is 19.7 Å². The third-order valence-electron chi connectivity index (χ3n) is 2.08. The van der Waals surface area contributed by atoms with Crippen LogP contribution in [0.4, 0.5) is 0 Å². The molecule has 3 N–H and O–H groups in total. The average Bonchev–Trinajstić information content (AvgIpc) is 2.17. The molecular weight excluding hydrogens is 194 g/mol. The van der Waals surface area contributed by atoms with Gasteiger partial charge in [-0.15, -0.1) is 0 Å². The Morgan fingerprint density at radius 1 is 1.60 bits per heavy atom. The molecule has 0 rings (SSSR count). The molecule has 0 bridgehead atoms. The first kappa shape index (κ1) is 14.3. The molecule has 0 radical (unpaired) electrons. The number of likely N-dealkylation sites (N-methyl/N-ethyl adjacent to an activating group) is 1. The van der Waals surface area contributed by atoms with Crippen LogP contribution >= 0.6 is 0 Å². The highest BCUT2D eigenvalue weighted by Crippen LogP contribution is 1.88. The summed E-state index contributed by atoms with van der Waals surface area (Å²) in [6.07, 6.45) is 0. The van der Waals surface area contributed by atoms with E-state index in [1.165, 1.54) is 0 Å². The summed E-state index contributed by atoms with van der Waals surface area (Å²) in [5, 5.41) is 2.86. The SMILES string of the molecule is CCN(CCN)CC(=O)NC(C)COC. The minimum absolute atomic E-state index is 0.0230. The van der Waals surface area contributed by atoms with Crippen molar-refractivity contribution in [2.24, 2.45) is 5.73 Å². The van der Waals surface area contributed by atoms with Gasteiger partial charge in [-0.1, -0.05) is 6.92 Å². The maximum Gasteiger partial charge on any atom is 0.234 e. The quantitative estimate of drug-likeness (QED) is 0.571. The highest BCUT2D eigenvalue weighted by Gasteiger charge is 2.10. The van der Waals surface area contributed by atoms with Gasteiger partial charge in [0.2, 0.25) is 5.91 Å². The van der Waals surface area contributed by atoms with Crippen LogP contribution in [0.25, 0.3) is 0 Å². The molecule has 1 amide bonds. The molecule has 0 heterocycles. The Bertz CT molecular complexity index is 176. The van der Waals surface area contributed by atoms with E-state index in [1.54, 1.807) is 7.11 Å². The fraction of sp³-hybridized carbons (Fsp3) is 0.900. The Labute approximate surface area is 91.9 Å². The number of nitrogens with two attached hydrogens (primary N) is 1. The molecule has 1 atom stereocenters. The van der Waals surface area contributed by atoms with Crippen molar-refractivity contribution in [1.82, 2.24) is 10.2 Å². The molecule has 0 fully saturated rings. The number of nitrogens with one attached hydrogen (secondary N) is 1. The van der Waals surface area contributed by atoms with Gasteiger partial charge >= 0.3 is 0 Å². The van der Waals surface area contributed by atoms with E-state index >= 15 is 0 Å². The van der Waals surface area contributed by atoms with Gasteiger partial charge in [-0.05, 0) is 13.5 Å². The number of hydrogen-bond donors (Lipinski definition) is 2. The van der Waals surface area contributed by atoms with Crippen LogP contribution in [0, 0.1) is 0 Å². The molecule has 0 aromatic carbocycles. The second-order valence-corrected chi connectivity index (χ2v) is 3.58. The van der Waals surface area contributed by atoms with Crippen molar-refractivity contribution in [1.29, 1.82) is 0 Å². The zero-order valence-corrected chi connectivity index (χ0v) is 9.95. The van der Waals surface area contributed by atoms with Gasteiger partial charge in [0.05, 0.1) is 13.2 Å². The highest BCUT2D eigenvalue weighted by molar-refractivity contribution is 5.78. The monoisotopic (exact) mass is 217 g/mol. The summed E-state index contributed by atoms with van der Waals surface area (Å²) in [7, 11) is 1.62. The molecule has 90 valence electrons. The average molecular weight is 217 g/mol. The summed E-state index contributed by atoms with van der Waals surface area (Å²) in [5.41, 5.74) is 5.44. The topological polar surface area (TPSA) is 67.6 Å². The molecule has 0 aliphatic rings. The second kappa shape index (κ2) is 8.64. The van der Waals surface area contributed by atoms with Gasteiger partial charge < -0.3 is 15.8 Å². The zero-order valence-electron chi connectivity index (χ0n) is 9.95. The van der Waals surface area contributed by atoms with Gasteiger partial charge in [0.15, 0.2) is 0 Å². The number of amides is 1. The van der Waals surface area contributed by atoms with Gasteiger partial charge in [0.1, 0.15) is 0 Å². The van der Waals surface area contributed by atoms with E-state index in [4.69, 9.17) is 10.5 Å². The van der Waals surface area contributed by atoms with Crippen molar-refractivity contribution in [3.05, 3.63) is 0 Å². The zero-order chi connectivity index (χ0) is 11.7. The van der Waals surface area contributed by atoms with E-state index in [-0.39, 0.29) is 11.9 Å². The van der Waals surface area contributed by atoms with Gasteiger partial charge in [-0.2, -0.15) is 0 Å². The molecule has 0 aliphatic carbocycles. The third-order valence-corrected chi connectivity index (χ3v) is 2.08. The maximum absolute atomic E-state index is 11.5. The number of hydrogen-bond acceptors (Lipinski definition) is 4. The van der Waals surface area contributed by atoms with Crippen LogP contribution in [0.3, 0.4) is 0 Å². The lowest BCUT2D eigenvalue weighted by molar-refractivity contribution is -0.123.